The topological polar surface area (TPSA) is 35.0 Å². The molecular formula is C38H24N2O. The van der Waals surface area contributed by atoms with E-state index in [0.29, 0.717) is 5.82 Å². The Kier molecular flexibility index (Phi) is 5.46. The van der Waals surface area contributed by atoms with E-state index in [9.17, 15) is 0 Å². The maximum absolute atomic E-state index is 6.36. The lowest BCUT2D eigenvalue weighted by Gasteiger charge is -2.22. The molecule has 0 spiro atoms. The van der Waals surface area contributed by atoms with Gasteiger partial charge >= 0.3 is 0 Å². The van der Waals surface area contributed by atoms with Crippen LogP contribution in [0, 0.1) is 0 Å². The van der Waals surface area contributed by atoms with Gasteiger partial charge in [-0.1, -0.05) is 115 Å². The summed E-state index contributed by atoms with van der Waals surface area (Å²) in [4.78, 5) is 10.2. The number of hydrogen-bond donors (Lipinski definition) is 0. The molecule has 0 atom stereocenters. The first-order valence-electron chi connectivity index (χ1n) is 13.8. The summed E-state index contributed by atoms with van der Waals surface area (Å²) in [5, 5.41) is 2.31. The lowest BCUT2D eigenvalue weighted by molar-refractivity contribution is 0.487. The highest BCUT2D eigenvalue weighted by Crippen LogP contribution is 2.47. The van der Waals surface area contributed by atoms with E-state index in [1.54, 1.807) is 0 Å². The Hall–Kier alpha value is -5.54. The molecule has 0 radical (unpaired) electrons. The Bertz CT molecular complexity index is 2060. The van der Waals surface area contributed by atoms with Gasteiger partial charge in [-0.15, -0.1) is 0 Å². The summed E-state index contributed by atoms with van der Waals surface area (Å²) < 4.78 is 6.36. The molecule has 0 fully saturated rings. The summed E-state index contributed by atoms with van der Waals surface area (Å²) in [5.41, 5.74) is 9.35. The van der Waals surface area contributed by atoms with Crippen LogP contribution in [0.4, 0.5) is 0 Å². The van der Waals surface area contributed by atoms with Crippen LogP contribution in [0.25, 0.3) is 66.9 Å². The molecule has 1 aromatic heterocycles. The van der Waals surface area contributed by atoms with E-state index in [-0.39, 0.29) is 0 Å². The van der Waals surface area contributed by atoms with Crippen LogP contribution in [0.5, 0.6) is 11.5 Å². The minimum atomic E-state index is 0.697. The SMILES string of the molecule is c1ccc(-c2nc(-c3ccc4c(c3)-c3cccc5cccc(c35)O4)cc(-c3ccccc3-c3ccccc3)n2)cc1. The third-order valence-electron chi connectivity index (χ3n) is 7.70. The second-order valence-corrected chi connectivity index (χ2v) is 10.2. The molecule has 0 aliphatic carbocycles. The fourth-order valence-electron chi connectivity index (χ4n) is 5.75. The van der Waals surface area contributed by atoms with Gasteiger partial charge in [0.25, 0.3) is 0 Å². The monoisotopic (exact) mass is 524 g/mol. The van der Waals surface area contributed by atoms with Crippen LogP contribution >= 0.6 is 0 Å². The van der Waals surface area contributed by atoms with Crippen molar-refractivity contribution in [1.82, 2.24) is 9.97 Å². The zero-order valence-electron chi connectivity index (χ0n) is 22.2. The molecule has 0 amide bonds. The van der Waals surface area contributed by atoms with Crippen LogP contribution in [0.3, 0.4) is 0 Å². The number of nitrogens with zero attached hydrogens (tertiary/aromatic N) is 2. The van der Waals surface area contributed by atoms with Crippen molar-refractivity contribution < 1.29 is 4.74 Å². The third kappa shape index (κ3) is 4.07. The molecule has 2 heterocycles. The van der Waals surface area contributed by atoms with Gasteiger partial charge in [0.2, 0.25) is 0 Å². The van der Waals surface area contributed by atoms with Gasteiger partial charge in [0.15, 0.2) is 5.82 Å². The average Bonchev–Trinajstić information content (AvgIpc) is 3.05. The van der Waals surface area contributed by atoms with E-state index < -0.39 is 0 Å². The zero-order valence-corrected chi connectivity index (χ0v) is 22.2. The van der Waals surface area contributed by atoms with Crippen LogP contribution in [-0.4, -0.2) is 9.97 Å². The molecule has 8 rings (SSSR count). The molecule has 0 bridgehead atoms. The molecule has 0 saturated heterocycles. The van der Waals surface area contributed by atoms with E-state index in [0.717, 1.165) is 61.7 Å². The second kappa shape index (κ2) is 9.58. The van der Waals surface area contributed by atoms with Crippen molar-refractivity contribution in [2.24, 2.45) is 0 Å². The number of fused-ring (bicyclic) bond motifs is 2. The molecule has 192 valence electrons. The number of benzene rings is 6. The quantitative estimate of drug-likeness (QED) is 0.230. The molecule has 41 heavy (non-hydrogen) atoms. The van der Waals surface area contributed by atoms with E-state index >= 15 is 0 Å². The molecule has 0 unspecified atom stereocenters. The summed E-state index contributed by atoms with van der Waals surface area (Å²) in [6.07, 6.45) is 0. The van der Waals surface area contributed by atoms with E-state index in [2.05, 4.69) is 109 Å². The van der Waals surface area contributed by atoms with Crippen molar-refractivity contribution in [2.45, 2.75) is 0 Å². The van der Waals surface area contributed by atoms with Crippen LogP contribution in [0.1, 0.15) is 0 Å². The van der Waals surface area contributed by atoms with Crippen LogP contribution in [0.2, 0.25) is 0 Å². The lowest BCUT2D eigenvalue weighted by Crippen LogP contribution is -1.99. The average molecular weight is 525 g/mol. The fourth-order valence-corrected chi connectivity index (χ4v) is 5.75. The first-order chi connectivity index (χ1) is 20.3. The molecule has 7 aromatic rings. The van der Waals surface area contributed by atoms with Crippen LogP contribution < -0.4 is 4.74 Å². The van der Waals surface area contributed by atoms with Crippen molar-refractivity contribution >= 4 is 10.8 Å². The lowest BCUT2D eigenvalue weighted by atomic mass is 9.92. The van der Waals surface area contributed by atoms with Crippen molar-refractivity contribution in [1.29, 1.82) is 0 Å². The fraction of sp³-hybridized carbons (Fsp3) is 0. The maximum atomic E-state index is 6.36. The molecule has 0 N–H and O–H groups in total. The normalized spacial score (nSPS) is 11.6. The van der Waals surface area contributed by atoms with Gasteiger partial charge < -0.3 is 4.74 Å². The Morgan fingerprint density at radius 3 is 1.85 bits per heavy atom. The number of rotatable bonds is 4. The highest BCUT2D eigenvalue weighted by Gasteiger charge is 2.21. The summed E-state index contributed by atoms with van der Waals surface area (Å²) in [6, 6.07) is 50.2. The van der Waals surface area contributed by atoms with Crippen molar-refractivity contribution in [2.75, 3.05) is 0 Å². The number of ether oxygens (including phenoxy) is 1. The summed E-state index contributed by atoms with van der Waals surface area (Å²) in [5.74, 6) is 2.45. The first kappa shape index (κ1) is 23.4. The molecule has 1 aliphatic heterocycles. The van der Waals surface area contributed by atoms with Gasteiger partial charge in [-0.2, -0.15) is 0 Å². The van der Waals surface area contributed by atoms with Crippen molar-refractivity contribution in [3.63, 3.8) is 0 Å². The summed E-state index contributed by atoms with van der Waals surface area (Å²) in [7, 11) is 0. The van der Waals surface area contributed by atoms with Crippen LogP contribution in [0.15, 0.2) is 146 Å². The van der Waals surface area contributed by atoms with Gasteiger partial charge in [0.05, 0.1) is 11.4 Å². The van der Waals surface area contributed by atoms with Crippen molar-refractivity contribution in [3.8, 4) is 67.7 Å². The van der Waals surface area contributed by atoms with Gasteiger partial charge in [0.1, 0.15) is 11.5 Å². The highest BCUT2D eigenvalue weighted by atomic mass is 16.5. The van der Waals surface area contributed by atoms with Gasteiger partial charge in [0, 0.05) is 27.6 Å². The number of hydrogen-bond acceptors (Lipinski definition) is 3. The minimum Gasteiger partial charge on any atom is -0.456 e. The van der Waals surface area contributed by atoms with Gasteiger partial charge in [-0.25, -0.2) is 9.97 Å². The number of aromatic nitrogens is 2. The maximum Gasteiger partial charge on any atom is 0.160 e. The molecule has 1 aliphatic rings. The van der Waals surface area contributed by atoms with E-state index in [1.165, 1.54) is 10.9 Å². The van der Waals surface area contributed by atoms with Crippen LogP contribution in [-0.2, 0) is 0 Å². The molecule has 3 heteroatoms. The summed E-state index contributed by atoms with van der Waals surface area (Å²) in [6.45, 7) is 0. The Balaban J connectivity index is 1.33. The molecule has 3 nitrogen and oxygen atoms in total. The predicted molar refractivity (Wildman–Crippen MR) is 167 cm³/mol. The highest BCUT2D eigenvalue weighted by molar-refractivity contribution is 6.04. The third-order valence-corrected chi connectivity index (χ3v) is 7.70. The predicted octanol–water partition coefficient (Wildman–Crippen LogP) is 10.1. The van der Waals surface area contributed by atoms with E-state index in [4.69, 9.17) is 14.7 Å². The minimum absolute atomic E-state index is 0.697. The van der Waals surface area contributed by atoms with Gasteiger partial charge in [-0.3, -0.25) is 0 Å². The second-order valence-electron chi connectivity index (χ2n) is 10.2. The standard InChI is InChI=1S/C38H24N2O/c1-3-11-25(12-4-1)29-17-7-8-18-30(29)34-24-33(39-38(40-34)27-13-5-2-6-14-27)28-21-22-35-32(23-28)31-19-9-15-26-16-10-20-36(41-35)37(26)31/h1-24H. The van der Waals surface area contributed by atoms with Crippen molar-refractivity contribution in [3.05, 3.63) is 146 Å². The Morgan fingerprint density at radius 2 is 1.05 bits per heavy atom. The Labute approximate surface area is 238 Å². The largest absolute Gasteiger partial charge is 0.456 e. The summed E-state index contributed by atoms with van der Waals surface area (Å²) >= 11 is 0. The molecule has 6 aromatic carbocycles. The smallest absolute Gasteiger partial charge is 0.160 e. The molecular weight excluding hydrogens is 500 g/mol. The Morgan fingerprint density at radius 1 is 0.390 bits per heavy atom. The van der Waals surface area contributed by atoms with Gasteiger partial charge in [-0.05, 0) is 52.4 Å². The molecule has 0 saturated carbocycles. The first-order valence-corrected chi connectivity index (χ1v) is 13.8. The van der Waals surface area contributed by atoms with E-state index in [1.807, 2.05) is 36.4 Å². The zero-order chi connectivity index (χ0) is 27.2.